The smallest absolute Gasteiger partial charge is 0.263 e. The Morgan fingerprint density at radius 2 is 1.75 bits per heavy atom. The lowest BCUT2D eigenvalue weighted by Crippen LogP contribution is -2.24. The summed E-state index contributed by atoms with van der Waals surface area (Å²) in [6, 6.07) is 17.4. The molecule has 0 bridgehead atoms. The Kier molecular flexibility index (Phi) is 5.26. The highest BCUT2D eigenvalue weighted by Crippen LogP contribution is 2.34. The van der Waals surface area contributed by atoms with Gasteiger partial charge in [-0.25, -0.2) is 0 Å². The van der Waals surface area contributed by atoms with E-state index < -0.39 is 0 Å². The highest BCUT2D eigenvalue weighted by atomic mass is 32.2. The molecule has 0 fully saturated rings. The topological polar surface area (TPSA) is 91.1 Å². The summed E-state index contributed by atoms with van der Waals surface area (Å²) in [6.07, 6.45) is 0. The Hall–Kier alpha value is -3.46. The van der Waals surface area contributed by atoms with Crippen LogP contribution in [0, 0.1) is 0 Å². The molecule has 0 spiro atoms. The summed E-state index contributed by atoms with van der Waals surface area (Å²) >= 11 is 1.47. The van der Waals surface area contributed by atoms with Crippen LogP contribution in [-0.4, -0.2) is 29.3 Å². The maximum Gasteiger partial charge on any atom is 0.263 e. The van der Waals surface area contributed by atoms with Crippen molar-refractivity contribution in [3.63, 3.8) is 0 Å². The van der Waals surface area contributed by atoms with Gasteiger partial charge in [0.1, 0.15) is 0 Å². The van der Waals surface area contributed by atoms with Crippen molar-refractivity contribution in [2.24, 2.45) is 0 Å². The molecule has 0 saturated carbocycles. The van der Waals surface area contributed by atoms with Crippen LogP contribution in [0.4, 0.5) is 0 Å². The SMILES string of the molecule is CC(C)c1noc(C(C)Sc2nnc3n(Cc4ccccc4)c(=O)c4ccccc4n23)n1. The third-order valence-electron chi connectivity index (χ3n) is 5.27. The Balaban J connectivity index is 1.62. The van der Waals surface area contributed by atoms with E-state index in [2.05, 4.69) is 20.3 Å². The standard InChI is InChI=1S/C23H22N6O2S/c1-14(2)19-24-20(31-27-19)15(3)32-23-26-25-22-28(13-16-9-5-4-6-10-16)21(30)17-11-7-8-12-18(17)29(22)23/h4-12,14-15H,13H2,1-3H3. The minimum Gasteiger partial charge on any atom is -0.338 e. The maximum absolute atomic E-state index is 13.3. The number of thioether (sulfide) groups is 1. The van der Waals surface area contributed by atoms with Crippen LogP contribution in [0.2, 0.25) is 0 Å². The highest BCUT2D eigenvalue weighted by molar-refractivity contribution is 7.99. The van der Waals surface area contributed by atoms with E-state index in [-0.39, 0.29) is 16.7 Å². The predicted octanol–water partition coefficient (Wildman–Crippen LogP) is 4.45. The fraction of sp³-hybridized carbons (Fsp3) is 0.261. The lowest BCUT2D eigenvalue weighted by Gasteiger charge is -2.12. The van der Waals surface area contributed by atoms with Crippen molar-refractivity contribution in [1.82, 2.24) is 29.3 Å². The van der Waals surface area contributed by atoms with Gasteiger partial charge < -0.3 is 4.52 Å². The van der Waals surface area contributed by atoms with Crippen LogP contribution in [0.1, 0.15) is 49.2 Å². The molecular formula is C23H22N6O2S. The molecule has 1 unspecified atom stereocenters. The molecule has 8 nitrogen and oxygen atoms in total. The quantitative estimate of drug-likeness (QED) is 0.356. The van der Waals surface area contributed by atoms with Crippen LogP contribution in [0.5, 0.6) is 0 Å². The van der Waals surface area contributed by atoms with Crippen LogP contribution in [-0.2, 0) is 6.54 Å². The van der Waals surface area contributed by atoms with Crippen LogP contribution in [0.25, 0.3) is 16.7 Å². The molecule has 162 valence electrons. The summed E-state index contributed by atoms with van der Waals surface area (Å²) in [5.74, 6) is 1.91. The minimum atomic E-state index is -0.129. The molecule has 0 aliphatic heterocycles. The van der Waals surface area contributed by atoms with E-state index in [1.165, 1.54) is 11.8 Å². The number of benzene rings is 2. The zero-order valence-corrected chi connectivity index (χ0v) is 18.8. The van der Waals surface area contributed by atoms with Gasteiger partial charge in [-0.15, -0.1) is 10.2 Å². The predicted molar refractivity (Wildman–Crippen MR) is 123 cm³/mol. The number of hydrogen-bond donors (Lipinski definition) is 0. The normalized spacial score (nSPS) is 12.8. The van der Waals surface area contributed by atoms with Crippen molar-refractivity contribution in [3.8, 4) is 0 Å². The molecule has 0 aliphatic rings. The molecule has 9 heteroatoms. The Labute approximate surface area is 188 Å². The van der Waals surface area contributed by atoms with Gasteiger partial charge in [-0.3, -0.25) is 13.8 Å². The number of nitrogens with zero attached hydrogens (tertiary/aromatic N) is 6. The molecule has 0 N–H and O–H groups in total. The fourth-order valence-electron chi connectivity index (χ4n) is 3.57. The van der Waals surface area contributed by atoms with Crippen molar-refractivity contribution in [2.45, 2.75) is 43.6 Å². The molecule has 3 heterocycles. The third-order valence-corrected chi connectivity index (χ3v) is 6.30. The van der Waals surface area contributed by atoms with E-state index in [9.17, 15) is 4.79 Å². The molecule has 2 aromatic carbocycles. The summed E-state index contributed by atoms with van der Waals surface area (Å²) in [7, 11) is 0. The average molecular weight is 447 g/mol. The van der Waals surface area contributed by atoms with Gasteiger partial charge in [0.15, 0.2) is 11.0 Å². The lowest BCUT2D eigenvalue weighted by atomic mass is 10.2. The number of aromatic nitrogens is 6. The third kappa shape index (κ3) is 3.58. The van der Waals surface area contributed by atoms with Crippen LogP contribution >= 0.6 is 11.8 Å². The van der Waals surface area contributed by atoms with Gasteiger partial charge in [0.25, 0.3) is 5.56 Å². The van der Waals surface area contributed by atoms with Gasteiger partial charge in [0.05, 0.1) is 22.7 Å². The molecule has 0 aliphatic carbocycles. The number of hydrogen-bond acceptors (Lipinski definition) is 7. The lowest BCUT2D eigenvalue weighted by molar-refractivity contribution is 0.373. The first-order valence-electron chi connectivity index (χ1n) is 10.4. The molecule has 3 aromatic heterocycles. The van der Waals surface area contributed by atoms with Gasteiger partial charge in [0.2, 0.25) is 11.7 Å². The maximum atomic E-state index is 13.3. The summed E-state index contributed by atoms with van der Waals surface area (Å²) < 4.78 is 9.06. The van der Waals surface area contributed by atoms with Crippen molar-refractivity contribution in [3.05, 3.63) is 82.2 Å². The van der Waals surface area contributed by atoms with Gasteiger partial charge in [-0.1, -0.05) is 73.2 Å². The monoisotopic (exact) mass is 446 g/mol. The molecular weight excluding hydrogens is 424 g/mol. The zero-order valence-electron chi connectivity index (χ0n) is 18.0. The summed E-state index contributed by atoms with van der Waals surface area (Å²) in [5, 5.41) is 14.0. The van der Waals surface area contributed by atoms with E-state index in [0.29, 0.717) is 34.6 Å². The molecule has 1 atom stereocenters. The highest BCUT2D eigenvalue weighted by Gasteiger charge is 2.22. The van der Waals surface area contributed by atoms with Crippen molar-refractivity contribution < 1.29 is 4.52 Å². The van der Waals surface area contributed by atoms with Crippen LogP contribution in [0.15, 0.2) is 69.1 Å². The van der Waals surface area contributed by atoms with E-state index in [4.69, 9.17) is 4.52 Å². The Morgan fingerprint density at radius 3 is 2.50 bits per heavy atom. The molecule has 0 amide bonds. The second-order valence-corrected chi connectivity index (χ2v) is 9.23. The van der Waals surface area contributed by atoms with Crippen LogP contribution < -0.4 is 5.56 Å². The summed E-state index contributed by atoms with van der Waals surface area (Å²) in [6.45, 7) is 6.45. The first-order valence-corrected chi connectivity index (χ1v) is 11.3. The molecule has 32 heavy (non-hydrogen) atoms. The largest absolute Gasteiger partial charge is 0.338 e. The van der Waals surface area contributed by atoms with E-state index >= 15 is 0 Å². The Morgan fingerprint density at radius 1 is 1.00 bits per heavy atom. The molecule has 0 saturated heterocycles. The van der Waals surface area contributed by atoms with E-state index in [0.717, 1.165) is 11.1 Å². The van der Waals surface area contributed by atoms with E-state index in [1.54, 1.807) is 4.57 Å². The Bertz CT molecular complexity index is 1450. The number of rotatable bonds is 6. The summed E-state index contributed by atoms with van der Waals surface area (Å²) in [4.78, 5) is 17.8. The second-order valence-electron chi connectivity index (χ2n) is 7.92. The van der Waals surface area contributed by atoms with Crippen molar-refractivity contribution in [2.75, 3.05) is 0 Å². The first kappa shape index (κ1) is 20.4. The van der Waals surface area contributed by atoms with Crippen molar-refractivity contribution in [1.29, 1.82) is 0 Å². The number of para-hydroxylation sites is 1. The molecule has 5 aromatic rings. The minimum absolute atomic E-state index is 0.0903. The summed E-state index contributed by atoms with van der Waals surface area (Å²) in [5.41, 5.74) is 1.70. The first-order chi connectivity index (χ1) is 15.5. The molecule has 5 rings (SSSR count). The van der Waals surface area contributed by atoms with Gasteiger partial charge in [-0.05, 0) is 24.6 Å². The van der Waals surface area contributed by atoms with Gasteiger partial charge >= 0.3 is 0 Å². The average Bonchev–Trinajstić information content (AvgIpc) is 3.45. The zero-order chi connectivity index (χ0) is 22.2. The number of fused-ring (bicyclic) bond motifs is 3. The molecule has 0 radical (unpaired) electrons. The van der Waals surface area contributed by atoms with Crippen LogP contribution in [0.3, 0.4) is 0 Å². The van der Waals surface area contributed by atoms with E-state index in [1.807, 2.05) is 79.8 Å². The van der Waals surface area contributed by atoms with Crippen molar-refractivity contribution >= 4 is 28.4 Å². The second kappa shape index (κ2) is 8.23. The van der Waals surface area contributed by atoms with Gasteiger partial charge in [-0.2, -0.15) is 4.98 Å². The fourth-order valence-corrected chi connectivity index (χ4v) is 4.46. The van der Waals surface area contributed by atoms with Gasteiger partial charge in [0, 0.05) is 5.92 Å².